The molecule has 0 atom stereocenters. The van der Waals surface area contributed by atoms with E-state index in [1.807, 2.05) is 0 Å². The predicted molar refractivity (Wildman–Crippen MR) is 128 cm³/mol. The van der Waals surface area contributed by atoms with Crippen LogP contribution in [0.5, 0.6) is 0 Å². The van der Waals surface area contributed by atoms with Gasteiger partial charge in [-0.25, -0.2) is 0 Å². The lowest BCUT2D eigenvalue weighted by molar-refractivity contribution is -0.135. The van der Waals surface area contributed by atoms with Crippen LogP contribution in [0.25, 0.3) is 0 Å². The molecule has 1 aromatic carbocycles. The van der Waals surface area contributed by atoms with Gasteiger partial charge in [0.1, 0.15) is 5.60 Å². The molecular formula is C28H46O2. The van der Waals surface area contributed by atoms with Crippen LogP contribution in [-0.2, 0) is 22.4 Å². The highest BCUT2D eigenvalue weighted by atomic mass is 16.5. The number of aryl methyl sites for hydroxylation is 2. The maximum absolute atomic E-state index is 10.6. The Morgan fingerprint density at radius 3 is 2.17 bits per heavy atom. The van der Waals surface area contributed by atoms with Crippen molar-refractivity contribution in [3.63, 3.8) is 0 Å². The number of carbonyl (C=O) groups is 1. The van der Waals surface area contributed by atoms with E-state index in [9.17, 15) is 4.79 Å². The molecule has 0 saturated heterocycles. The lowest BCUT2D eigenvalue weighted by Crippen LogP contribution is -2.12. The van der Waals surface area contributed by atoms with E-state index in [4.69, 9.17) is 4.74 Å². The Bertz CT molecular complexity index is 649. The van der Waals surface area contributed by atoms with Gasteiger partial charge >= 0.3 is 0 Å². The summed E-state index contributed by atoms with van der Waals surface area (Å²) in [7, 11) is 0. The first-order valence-corrected chi connectivity index (χ1v) is 12.5. The molecule has 0 amide bonds. The molecule has 1 aliphatic carbocycles. The Balaban J connectivity index is 1.67. The summed E-state index contributed by atoms with van der Waals surface area (Å²) >= 11 is 0. The van der Waals surface area contributed by atoms with E-state index >= 15 is 0 Å². The Kier molecular flexibility index (Phi) is 9.91. The zero-order valence-electron chi connectivity index (χ0n) is 20.4. The van der Waals surface area contributed by atoms with Crippen molar-refractivity contribution in [2.24, 2.45) is 5.41 Å². The van der Waals surface area contributed by atoms with Gasteiger partial charge in [-0.2, -0.15) is 0 Å². The molecule has 2 nitrogen and oxygen atoms in total. The van der Waals surface area contributed by atoms with Crippen molar-refractivity contribution in [2.75, 3.05) is 0 Å². The van der Waals surface area contributed by atoms with Gasteiger partial charge in [-0.15, -0.1) is 0 Å². The van der Waals surface area contributed by atoms with Crippen molar-refractivity contribution in [3.8, 4) is 0 Å². The van der Waals surface area contributed by atoms with Gasteiger partial charge in [-0.1, -0.05) is 65.0 Å². The van der Waals surface area contributed by atoms with Crippen molar-refractivity contribution in [2.45, 2.75) is 130 Å². The summed E-state index contributed by atoms with van der Waals surface area (Å²) < 4.78 is 5.24. The molecule has 1 aliphatic rings. The van der Waals surface area contributed by atoms with Gasteiger partial charge in [0.05, 0.1) is 0 Å². The minimum Gasteiger partial charge on any atom is -0.461 e. The average Bonchev–Trinajstić information content (AvgIpc) is 3.43. The Morgan fingerprint density at radius 2 is 1.53 bits per heavy atom. The largest absolute Gasteiger partial charge is 0.461 e. The minimum atomic E-state index is -0.0725. The highest BCUT2D eigenvalue weighted by Crippen LogP contribution is 2.43. The molecule has 1 saturated carbocycles. The number of unbranched alkanes of at least 4 members (excludes halogenated alkanes) is 6. The second-order valence-corrected chi connectivity index (χ2v) is 10.9. The van der Waals surface area contributed by atoms with Gasteiger partial charge < -0.3 is 4.74 Å². The van der Waals surface area contributed by atoms with E-state index in [1.54, 1.807) is 16.7 Å². The molecule has 1 aromatic rings. The molecule has 2 heteroatoms. The third-order valence-corrected chi connectivity index (χ3v) is 6.98. The second kappa shape index (κ2) is 11.9. The Hall–Kier alpha value is -1.31. The molecule has 0 bridgehead atoms. The first-order valence-electron chi connectivity index (χ1n) is 12.5. The minimum absolute atomic E-state index is 0.0725. The summed E-state index contributed by atoms with van der Waals surface area (Å²) in [6.07, 6.45) is 17.3. The van der Waals surface area contributed by atoms with Gasteiger partial charge in [-0.05, 0) is 99.3 Å². The maximum Gasteiger partial charge on any atom is 0.293 e. The molecule has 30 heavy (non-hydrogen) atoms. The number of carbonyl (C=O) groups excluding carboxylic acids is 1. The molecule has 170 valence electrons. The van der Waals surface area contributed by atoms with Crippen molar-refractivity contribution >= 4 is 6.47 Å². The number of ether oxygens (including phenoxy) is 1. The number of rotatable bonds is 15. The predicted octanol–water partition coefficient (Wildman–Crippen LogP) is 8.04. The summed E-state index contributed by atoms with van der Waals surface area (Å²) in [6.45, 7) is 12.3. The van der Waals surface area contributed by atoms with Crippen LogP contribution in [0.3, 0.4) is 0 Å². The fraction of sp³-hybridized carbons (Fsp3) is 0.750. The standard InChI is InChI=1S/C28H46O2/c1-23-16-17-25(14-10-6-9-13-19-28(20-21-28)30-22-29)24(2)26(23)15-11-7-8-12-18-27(3,4)5/h16-17,22H,6-15,18-21H2,1-5H3. The summed E-state index contributed by atoms with van der Waals surface area (Å²) in [5.41, 5.74) is 6.56. The van der Waals surface area contributed by atoms with E-state index in [1.165, 1.54) is 76.2 Å². The first-order chi connectivity index (χ1) is 14.3. The molecule has 2 rings (SSSR count). The topological polar surface area (TPSA) is 26.3 Å². The van der Waals surface area contributed by atoms with E-state index in [-0.39, 0.29) is 5.60 Å². The molecule has 0 aromatic heterocycles. The van der Waals surface area contributed by atoms with E-state index < -0.39 is 0 Å². The van der Waals surface area contributed by atoms with E-state index in [0.29, 0.717) is 11.9 Å². The van der Waals surface area contributed by atoms with Gasteiger partial charge in [-0.3, -0.25) is 4.79 Å². The SMILES string of the molecule is Cc1ccc(CCCCCCC2(OC=O)CC2)c(C)c1CCCCCCC(C)(C)C. The van der Waals surface area contributed by atoms with Crippen LogP contribution >= 0.6 is 0 Å². The molecular weight excluding hydrogens is 368 g/mol. The molecule has 0 N–H and O–H groups in total. The van der Waals surface area contributed by atoms with Gasteiger partial charge in [0, 0.05) is 0 Å². The van der Waals surface area contributed by atoms with Crippen LogP contribution in [0, 0.1) is 19.3 Å². The van der Waals surface area contributed by atoms with Crippen molar-refractivity contribution in [1.82, 2.24) is 0 Å². The van der Waals surface area contributed by atoms with Gasteiger partial charge in [0.15, 0.2) is 0 Å². The monoisotopic (exact) mass is 414 g/mol. The molecule has 0 aliphatic heterocycles. The summed E-state index contributed by atoms with van der Waals surface area (Å²) in [4.78, 5) is 10.6. The fourth-order valence-electron chi connectivity index (χ4n) is 4.69. The average molecular weight is 415 g/mol. The van der Waals surface area contributed by atoms with Crippen LogP contribution in [0.15, 0.2) is 12.1 Å². The summed E-state index contributed by atoms with van der Waals surface area (Å²) in [5.74, 6) is 0. The summed E-state index contributed by atoms with van der Waals surface area (Å²) in [5, 5.41) is 0. The maximum atomic E-state index is 10.6. The van der Waals surface area contributed by atoms with Crippen molar-refractivity contribution in [1.29, 1.82) is 0 Å². The smallest absolute Gasteiger partial charge is 0.293 e. The third-order valence-electron chi connectivity index (χ3n) is 6.98. The molecule has 0 radical (unpaired) electrons. The lowest BCUT2D eigenvalue weighted by Gasteiger charge is -2.18. The lowest BCUT2D eigenvalue weighted by atomic mass is 9.88. The van der Waals surface area contributed by atoms with Crippen molar-refractivity contribution in [3.05, 3.63) is 34.4 Å². The molecule has 0 heterocycles. The number of benzene rings is 1. The van der Waals surface area contributed by atoms with Gasteiger partial charge in [0.25, 0.3) is 6.47 Å². The highest BCUT2D eigenvalue weighted by molar-refractivity contribution is 5.40. The van der Waals surface area contributed by atoms with Crippen LogP contribution in [0.2, 0.25) is 0 Å². The second-order valence-electron chi connectivity index (χ2n) is 10.9. The highest BCUT2D eigenvalue weighted by Gasteiger charge is 2.44. The van der Waals surface area contributed by atoms with Crippen LogP contribution in [0.1, 0.15) is 120 Å². The normalized spacial score (nSPS) is 15.2. The Morgan fingerprint density at radius 1 is 0.900 bits per heavy atom. The summed E-state index contributed by atoms with van der Waals surface area (Å²) in [6, 6.07) is 4.69. The van der Waals surface area contributed by atoms with Crippen LogP contribution in [-0.4, -0.2) is 12.1 Å². The molecule has 1 fully saturated rings. The van der Waals surface area contributed by atoms with Gasteiger partial charge in [0.2, 0.25) is 0 Å². The van der Waals surface area contributed by atoms with Crippen molar-refractivity contribution < 1.29 is 9.53 Å². The number of hydrogen-bond acceptors (Lipinski definition) is 2. The zero-order chi connectivity index (χ0) is 22.0. The van der Waals surface area contributed by atoms with E-state index in [2.05, 4.69) is 46.8 Å². The third kappa shape index (κ3) is 8.82. The number of hydrogen-bond donors (Lipinski definition) is 0. The van der Waals surface area contributed by atoms with E-state index in [0.717, 1.165) is 19.3 Å². The Labute approximate surface area is 186 Å². The zero-order valence-corrected chi connectivity index (χ0v) is 20.4. The molecule has 0 spiro atoms. The van der Waals surface area contributed by atoms with Crippen LogP contribution < -0.4 is 0 Å². The molecule has 0 unspecified atom stereocenters. The quantitative estimate of drug-likeness (QED) is 0.214. The first kappa shape index (κ1) is 25.0. The van der Waals surface area contributed by atoms with Crippen LogP contribution in [0.4, 0.5) is 0 Å². The fourth-order valence-corrected chi connectivity index (χ4v) is 4.69.